The molecule has 0 aliphatic carbocycles. The molecular formula is C21H29FN2O2. The Morgan fingerprint density at radius 1 is 0.962 bits per heavy atom. The first-order valence-corrected chi connectivity index (χ1v) is 8.72. The highest BCUT2D eigenvalue weighted by atomic mass is 19.1. The number of aryl methyl sites for hydroxylation is 2. The van der Waals surface area contributed by atoms with E-state index in [1.54, 1.807) is 12.1 Å². The van der Waals surface area contributed by atoms with E-state index in [0.29, 0.717) is 0 Å². The second-order valence-corrected chi connectivity index (χ2v) is 5.40. The molecule has 0 aromatic heterocycles. The highest BCUT2D eigenvalue weighted by Gasteiger charge is 2.02. The summed E-state index contributed by atoms with van der Waals surface area (Å²) in [5.41, 5.74) is 3.27. The predicted octanol–water partition coefficient (Wildman–Crippen LogP) is 5.33. The van der Waals surface area contributed by atoms with Crippen LogP contribution in [0.25, 0.3) is 0 Å². The van der Waals surface area contributed by atoms with E-state index in [0.717, 1.165) is 17.7 Å². The monoisotopic (exact) mass is 360 g/mol. The second kappa shape index (κ2) is 12.6. The van der Waals surface area contributed by atoms with Crippen LogP contribution in [0.15, 0.2) is 42.5 Å². The van der Waals surface area contributed by atoms with Gasteiger partial charge in [-0.05, 0) is 48.7 Å². The summed E-state index contributed by atoms with van der Waals surface area (Å²) in [6, 6.07) is 12.5. The molecule has 0 heterocycles. The number of hydrogen-bond acceptors (Lipinski definition) is 2. The standard InChI is InChI=1S/C10H13NO.C9H10FNO.C2H6/c1-3-9-5-4-6-10(7-9)11-8(2)12;1-6-3-4-8(10)9(5-6)11-7(2)12;1-2/h4-7H,3H2,1-2H3,(H,11,12);3-5H,1-2H3,(H,11,12);1-2H3. The molecule has 0 saturated heterocycles. The molecule has 0 bridgehead atoms. The minimum absolute atomic E-state index is 0.0248. The third-order valence-electron chi connectivity index (χ3n) is 3.09. The van der Waals surface area contributed by atoms with Crippen LogP contribution in [-0.4, -0.2) is 11.8 Å². The maximum Gasteiger partial charge on any atom is 0.221 e. The fraction of sp³-hybridized carbons (Fsp3) is 0.333. The number of hydrogen-bond donors (Lipinski definition) is 2. The molecular weight excluding hydrogens is 331 g/mol. The van der Waals surface area contributed by atoms with Crippen molar-refractivity contribution in [1.29, 1.82) is 0 Å². The van der Waals surface area contributed by atoms with Crippen LogP contribution in [0.4, 0.5) is 15.8 Å². The molecule has 0 saturated carbocycles. The quantitative estimate of drug-likeness (QED) is 0.777. The van der Waals surface area contributed by atoms with E-state index in [1.165, 1.54) is 25.5 Å². The van der Waals surface area contributed by atoms with Crippen molar-refractivity contribution in [2.24, 2.45) is 0 Å². The Bertz CT molecular complexity index is 715. The molecule has 2 aromatic carbocycles. The lowest BCUT2D eigenvalue weighted by Crippen LogP contribution is -2.07. The van der Waals surface area contributed by atoms with Crippen LogP contribution >= 0.6 is 0 Å². The van der Waals surface area contributed by atoms with Crippen LogP contribution in [-0.2, 0) is 16.0 Å². The molecule has 0 aliphatic rings. The molecule has 2 N–H and O–H groups in total. The molecule has 0 radical (unpaired) electrons. The van der Waals surface area contributed by atoms with Crippen LogP contribution < -0.4 is 10.6 Å². The van der Waals surface area contributed by atoms with Crippen LogP contribution in [0.5, 0.6) is 0 Å². The fourth-order valence-corrected chi connectivity index (χ4v) is 2.00. The van der Waals surface area contributed by atoms with Gasteiger partial charge in [-0.25, -0.2) is 4.39 Å². The topological polar surface area (TPSA) is 58.2 Å². The summed E-state index contributed by atoms with van der Waals surface area (Å²) >= 11 is 0. The van der Waals surface area contributed by atoms with Crippen molar-refractivity contribution >= 4 is 23.2 Å². The summed E-state index contributed by atoms with van der Waals surface area (Å²) < 4.78 is 12.9. The number of carbonyl (C=O) groups is 2. The maximum atomic E-state index is 12.9. The van der Waals surface area contributed by atoms with Gasteiger partial charge >= 0.3 is 0 Å². The minimum atomic E-state index is -0.407. The van der Waals surface area contributed by atoms with E-state index in [2.05, 4.69) is 17.6 Å². The lowest BCUT2D eigenvalue weighted by Gasteiger charge is -2.03. The zero-order valence-corrected chi connectivity index (χ0v) is 16.4. The summed E-state index contributed by atoms with van der Waals surface area (Å²) in [6.07, 6.45) is 0.993. The van der Waals surface area contributed by atoms with Crippen molar-refractivity contribution in [3.05, 3.63) is 59.4 Å². The Morgan fingerprint density at radius 2 is 1.58 bits per heavy atom. The van der Waals surface area contributed by atoms with Crippen LogP contribution in [0.1, 0.15) is 45.7 Å². The Hall–Kier alpha value is -2.69. The first kappa shape index (κ1) is 23.3. The molecule has 0 atom stereocenters. The molecule has 2 amide bonds. The average molecular weight is 360 g/mol. The maximum absolute atomic E-state index is 12.9. The molecule has 2 rings (SSSR count). The number of halogens is 1. The number of carbonyl (C=O) groups excluding carboxylic acids is 2. The van der Waals surface area contributed by atoms with Crippen molar-refractivity contribution in [2.75, 3.05) is 10.6 Å². The molecule has 0 aliphatic heterocycles. The van der Waals surface area contributed by atoms with Gasteiger partial charge in [-0.15, -0.1) is 0 Å². The molecule has 4 nitrogen and oxygen atoms in total. The van der Waals surface area contributed by atoms with Gasteiger partial charge in [-0.2, -0.15) is 0 Å². The minimum Gasteiger partial charge on any atom is -0.326 e. The van der Waals surface area contributed by atoms with E-state index < -0.39 is 5.82 Å². The first-order valence-electron chi connectivity index (χ1n) is 8.72. The van der Waals surface area contributed by atoms with Gasteiger partial charge < -0.3 is 10.6 Å². The van der Waals surface area contributed by atoms with Gasteiger partial charge in [0.15, 0.2) is 0 Å². The van der Waals surface area contributed by atoms with Crippen molar-refractivity contribution in [3.63, 3.8) is 0 Å². The van der Waals surface area contributed by atoms with Crippen LogP contribution in [0, 0.1) is 12.7 Å². The Kier molecular flexibility index (Phi) is 11.3. The van der Waals surface area contributed by atoms with E-state index in [9.17, 15) is 14.0 Å². The third-order valence-corrected chi connectivity index (χ3v) is 3.09. The van der Waals surface area contributed by atoms with Gasteiger partial charge in [0.25, 0.3) is 0 Å². The van der Waals surface area contributed by atoms with Gasteiger partial charge in [0.2, 0.25) is 11.8 Å². The third kappa shape index (κ3) is 9.57. The zero-order chi connectivity index (χ0) is 20.1. The van der Waals surface area contributed by atoms with Gasteiger partial charge in [-0.3, -0.25) is 9.59 Å². The van der Waals surface area contributed by atoms with Crippen molar-refractivity contribution in [1.82, 2.24) is 0 Å². The Labute approximate surface area is 155 Å². The van der Waals surface area contributed by atoms with Crippen molar-refractivity contribution < 1.29 is 14.0 Å². The average Bonchev–Trinajstić information content (AvgIpc) is 2.60. The molecule has 0 spiro atoms. The molecule has 142 valence electrons. The number of benzene rings is 2. The second-order valence-electron chi connectivity index (χ2n) is 5.40. The van der Waals surface area contributed by atoms with Gasteiger partial charge in [0, 0.05) is 19.5 Å². The predicted molar refractivity (Wildman–Crippen MR) is 107 cm³/mol. The summed E-state index contributed by atoms with van der Waals surface area (Å²) in [5, 5.41) is 5.14. The summed E-state index contributed by atoms with van der Waals surface area (Å²) in [6.45, 7) is 10.8. The highest BCUT2D eigenvalue weighted by molar-refractivity contribution is 5.89. The van der Waals surface area contributed by atoms with Crippen LogP contribution in [0.3, 0.4) is 0 Å². The molecule has 26 heavy (non-hydrogen) atoms. The lowest BCUT2D eigenvalue weighted by molar-refractivity contribution is -0.115. The zero-order valence-electron chi connectivity index (χ0n) is 16.4. The van der Waals surface area contributed by atoms with Gasteiger partial charge in [0.1, 0.15) is 5.82 Å². The van der Waals surface area contributed by atoms with E-state index in [1.807, 2.05) is 45.0 Å². The normalized spacial score (nSPS) is 9.04. The molecule has 0 fully saturated rings. The molecule has 5 heteroatoms. The van der Waals surface area contributed by atoms with Crippen molar-refractivity contribution in [2.45, 2.75) is 48.0 Å². The summed E-state index contributed by atoms with van der Waals surface area (Å²) in [7, 11) is 0. The summed E-state index contributed by atoms with van der Waals surface area (Å²) in [5.74, 6) is -0.696. The van der Waals surface area contributed by atoms with Crippen molar-refractivity contribution in [3.8, 4) is 0 Å². The van der Waals surface area contributed by atoms with Gasteiger partial charge in [0.05, 0.1) is 5.69 Å². The van der Waals surface area contributed by atoms with E-state index in [4.69, 9.17) is 0 Å². The first-order chi connectivity index (χ1) is 12.3. The van der Waals surface area contributed by atoms with Crippen LogP contribution in [0.2, 0.25) is 0 Å². The largest absolute Gasteiger partial charge is 0.326 e. The summed E-state index contributed by atoms with van der Waals surface area (Å²) in [4.78, 5) is 21.3. The number of rotatable bonds is 3. The smallest absolute Gasteiger partial charge is 0.221 e. The highest BCUT2D eigenvalue weighted by Crippen LogP contribution is 2.15. The molecule has 2 aromatic rings. The number of anilines is 2. The SMILES string of the molecule is CC.CC(=O)Nc1cc(C)ccc1F.CCc1cccc(NC(C)=O)c1. The van der Waals surface area contributed by atoms with E-state index >= 15 is 0 Å². The molecule has 0 unspecified atom stereocenters. The lowest BCUT2D eigenvalue weighted by atomic mass is 10.1. The van der Waals surface area contributed by atoms with Gasteiger partial charge in [-0.1, -0.05) is 39.0 Å². The number of amides is 2. The Balaban J connectivity index is 0.000000439. The Morgan fingerprint density at radius 3 is 2.12 bits per heavy atom. The number of nitrogens with one attached hydrogen (secondary N) is 2. The van der Waals surface area contributed by atoms with E-state index in [-0.39, 0.29) is 17.5 Å². The fourth-order valence-electron chi connectivity index (χ4n) is 2.00.